The summed E-state index contributed by atoms with van der Waals surface area (Å²) < 4.78 is 8.11. The maximum atomic E-state index is 14.0. The Labute approximate surface area is 239 Å². The first kappa shape index (κ1) is 27.1. The lowest BCUT2D eigenvalue weighted by Crippen LogP contribution is -2.30. The maximum Gasteiger partial charge on any atom is 0.439 e. The molecular formula is C31H29N7O4. The summed E-state index contributed by atoms with van der Waals surface area (Å²) in [6.07, 6.45) is 2.34. The summed E-state index contributed by atoms with van der Waals surface area (Å²) in [4.78, 5) is 32.6. The third-order valence-electron chi connectivity index (χ3n) is 7.30. The van der Waals surface area contributed by atoms with E-state index >= 15 is 0 Å². The number of nitrogens with one attached hydrogen (secondary N) is 1. The van der Waals surface area contributed by atoms with Crippen LogP contribution in [0.4, 0.5) is 0 Å². The highest BCUT2D eigenvalue weighted by Crippen LogP contribution is 2.30. The fourth-order valence-corrected chi connectivity index (χ4v) is 5.22. The van der Waals surface area contributed by atoms with Crippen LogP contribution in [0, 0.1) is 0 Å². The van der Waals surface area contributed by atoms with Crippen molar-refractivity contribution >= 4 is 5.78 Å². The molecule has 1 atom stereocenters. The van der Waals surface area contributed by atoms with Gasteiger partial charge in [-0.3, -0.25) is 18.9 Å². The van der Waals surface area contributed by atoms with Gasteiger partial charge in [0.25, 0.3) is 5.56 Å². The number of rotatable bonds is 9. The number of hydrogen-bond acceptors (Lipinski definition) is 8. The molecule has 1 unspecified atom stereocenters. The van der Waals surface area contributed by atoms with E-state index in [1.165, 1.54) is 6.33 Å². The molecule has 0 saturated carbocycles. The van der Waals surface area contributed by atoms with Crippen LogP contribution in [0.25, 0.3) is 28.3 Å². The normalized spacial score (nSPS) is 12.2. The molecule has 42 heavy (non-hydrogen) atoms. The summed E-state index contributed by atoms with van der Waals surface area (Å²) in [6, 6.07) is 22.8. The number of H-pyrrole nitrogens is 1. The summed E-state index contributed by atoms with van der Waals surface area (Å²) in [5.74, 6) is 0.229. The minimum absolute atomic E-state index is 0.119. The van der Waals surface area contributed by atoms with Crippen molar-refractivity contribution in [3.05, 3.63) is 128 Å². The molecule has 6 aromatic rings. The number of nitrogens with two attached hydrogens (primary N) is 1. The average molecular weight is 564 g/mol. The van der Waals surface area contributed by atoms with E-state index in [1.54, 1.807) is 21.2 Å². The van der Waals surface area contributed by atoms with Crippen LogP contribution >= 0.6 is 0 Å². The maximum absolute atomic E-state index is 14.0. The van der Waals surface area contributed by atoms with Gasteiger partial charge >= 0.3 is 5.76 Å². The van der Waals surface area contributed by atoms with Gasteiger partial charge < -0.3 is 10.8 Å². The van der Waals surface area contributed by atoms with Crippen LogP contribution in [-0.4, -0.2) is 34.4 Å². The third kappa shape index (κ3) is 5.18. The van der Waals surface area contributed by atoms with E-state index in [4.69, 9.17) is 10.3 Å². The minimum Gasteiger partial charge on any atom is -0.375 e. The summed E-state index contributed by atoms with van der Waals surface area (Å²) >= 11 is 0. The Morgan fingerprint density at radius 1 is 0.976 bits per heavy atom. The summed E-state index contributed by atoms with van der Waals surface area (Å²) in [6.45, 7) is 2.36. The Bertz CT molecular complexity index is 1970. The highest BCUT2D eigenvalue weighted by atomic mass is 16.5. The van der Waals surface area contributed by atoms with Gasteiger partial charge in [-0.1, -0.05) is 91.3 Å². The predicted octanol–water partition coefficient (Wildman–Crippen LogP) is 3.44. The topological polar surface area (TPSA) is 157 Å². The second-order valence-electron chi connectivity index (χ2n) is 10.1. The number of benzene rings is 3. The smallest absolute Gasteiger partial charge is 0.375 e. The molecule has 11 nitrogen and oxygen atoms in total. The van der Waals surface area contributed by atoms with Gasteiger partial charge in [-0.2, -0.15) is 10.1 Å². The second kappa shape index (κ2) is 11.4. The minimum atomic E-state index is -1.06. The molecule has 0 aliphatic rings. The van der Waals surface area contributed by atoms with Crippen molar-refractivity contribution in [2.45, 2.75) is 39.0 Å². The molecule has 0 aliphatic carbocycles. The molecule has 3 aromatic carbocycles. The van der Waals surface area contributed by atoms with Crippen LogP contribution in [0.1, 0.15) is 47.5 Å². The number of aromatic amines is 1. The van der Waals surface area contributed by atoms with E-state index in [0.29, 0.717) is 42.1 Å². The fourth-order valence-electron chi connectivity index (χ4n) is 5.22. The Balaban J connectivity index is 1.37. The molecule has 0 aliphatic heterocycles. The van der Waals surface area contributed by atoms with Crippen LogP contribution in [0.5, 0.6) is 0 Å². The van der Waals surface area contributed by atoms with Crippen molar-refractivity contribution in [1.82, 2.24) is 29.3 Å². The molecule has 0 spiro atoms. The molecule has 0 radical (unpaired) electrons. The van der Waals surface area contributed by atoms with Gasteiger partial charge in [0.1, 0.15) is 12.6 Å². The summed E-state index contributed by atoms with van der Waals surface area (Å²) in [5, 5.41) is 18.0. The first-order chi connectivity index (χ1) is 20.4. The molecule has 0 saturated heterocycles. The molecule has 3 heterocycles. The number of aliphatic hydroxyl groups is 1. The number of aryl methyl sites for hydroxylation is 1. The van der Waals surface area contributed by atoms with Crippen molar-refractivity contribution in [1.29, 1.82) is 0 Å². The van der Waals surface area contributed by atoms with Gasteiger partial charge in [0.05, 0.1) is 12.2 Å². The van der Waals surface area contributed by atoms with E-state index in [1.807, 2.05) is 60.7 Å². The lowest BCUT2D eigenvalue weighted by molar-refractivity contribution is 0.186. The number of aromatic nitrogens is 6. The average Bonchev–Trinajstić information content (AvgIpc) is 3.67. The van der Waals surface area contributed by atoms with Gasteiger partial charge in [0, 0.05) is 17.5 Å². The zero-order valence-electron chi connectivity index (χ0n) is 22.9. The Morgan fingerprint density at radius 3 is 2.36 bits per heavy atom. The zero-order chi connectivity index (χ0) is 29.2. The molecular weight excluding hydrogens is 534 g/mol. The fraction of sp³-hybridized carbons (Fsp3) is 0.194. The van der Waals surface area contributed by atoms with Crippen LogP contribution in [0.15, 0.2) is 93.2 Å². The van der Waals surface area contributed by atoms with Crippen molar-refractivity contribution in [2.24, 2.45) is 5.73 Å². The van der Waals surface area contributed by atoms with E-state index in [2.05, 4.69) is 27.1 Å². The molecule has 4 N–H and O–H groups in total. The van der Waals surface area contributed by atoms with Gasteiger partial charge in [0.2, 0.25) is 5.78 Å². The number of aliphatic hydroxyl groups excluding tert-OH is 1. The monoisotopic (exact) mass is 563 g/mol. The second-order valence-corrected chi connectivity index (χ2v) is 10.1. The molecule has 6 rings (SSSR count). The SMILES string of the molecule is CCCc1c(Cc2ccc(-c3ccccc3-c3noc(=O)[nH]3)cc2)c(=O)n(Cc2ccc(C(N)O)cc2)c2ncnn12. The molecule has 3 aromatic heterocycles. The molecule has 0 bridgehead atoms. The van der Waals surface area contributed by atoms with Gasteiger partial charge in [-0.25, -0.2) is 9.31 Å². The highest BCUT2D eigenvalue weighted by molar-refractivity contribution is 5.80. The number of fused-ring (bicyclic) bond motifs is 1. The summed E-state index contributed by atoms with van der Waals surface area (Å²) in [5.41, 5.74) is 12.0. The van der Waals surface area contributed by atoms with Gasteiger partial charge in [0.15, 0.2) is 5.82 Å². The third-order valence-corrected chi connectivity index (χ3v) is 7.30. The molecule has 0 fully saturated rings. The predicted molar refractivity (Wildman–Crippen MR) is 157 cm³/mol. The lowest BCUT2D eigenvalue weighted by Gasteiger charge is -2.16. The first-order valence-electron chi connectivity index (χ1n) is 13.6. The first-order valence-corrected chi connectivity index (χ1v) is 13.6. The van der Waals surface area contributed by atoms with E-state index in [-0.39, 0.29) is 5.56 Å². The standard InChI is InChI=1S/C31H29N7O4/c1-2-5-26-25(29(40)37(30-33-18-34-38(26)30)17-20-10-14-22(15-11-20)27(32)39)16-19-8-12-21(13-9-19)23-6-3-4-7-24(23)28-35-31(41)42-36-28/h3-4,6-15,18,27,39H,2,5,16-17,32H2,1H3,(H,35,36,41). The highest BCUT2D eigenvalue weighted by Gasteiger charge is 2.19. The largest absolute Gasteiger partial charge is 0.439 e. The van der Waals surface area contributed by atoms with E-state index in [0.717, 1.165) is 39.9 Å². The summed E-state index contributed by atoms with van der Waals surface area (Å²) in [7, 11) is 0. The number of nitrogens with zero attached hydrogens (tertiary/aromatic N) is 5. The molecule has 0 amide bonds. The van der Waals surface area contributed by atoms with Crippen molar-refractivity contribution in [3.8, 4) is 22.5 Å². The molecule has 212 valence electrons. The van der Waals surface area contributed by atoms with Gasteiger partial charge in [-0.05, 0) is 34.2 Å². The van der Waals surface area contributed by atoms with Crippen molar-refractivity contribution in [2.75, 3.05) is 0 Å². The zero-order valence-corrected chi connectivity index (χ0v) is 22.9. The Kier molecular flexibility index (Phi) is 7.34. The number of hydrogen-bond donors (Lipinski definition) is 3. The lowest BCUT2D eigenvalue weighted by atomic mass is 9.96. The Morgan fingerprint density at radius 2 is 1.69 bits per heavy atom. The van der Waals surface area contributed by atoms with E-state index in [9.17, 15) is 14.7 Å². The molecule has 11 heteroatoms. The Hall–Kier alpha value is -5.13. The van der Waals surface area contributed by atoms with Crippen molar-refractivity contribution in [3.63, 3.8) is 0 Å². The van der Waals surface area contributed by atoms with Crippen LogP contribution in [0.2, 0.25) is 0 Å². The van der Waals surface area contributed by atoms with Crippen LogP contribution in [-0.2, 0) is 19.4 Å². The van der Waals surface area contributed by atoms with Crippen LogP contribution < -0.4 is 17.0 Å². The van der Waals surface area contributed by atoms with Crippen LogP contribution in [0.3, 0.4) is 0 Å². The van der Waals surface area contributed by atoms with E-state index < -0.39 is 12.0 Å². The quantitative estimate of drug-likeness (QED) is 0.226. The van der Waals surface area contributed by atoms with Crippen molar-refractivity contribution < 1.29 is 9.63 Å². The van der Waals surface area contributed by atoms with Gasteiger partial charge in [-0.15, -0.1) is 0 Å².